The maximum atomic E-state index is 12.8. The van der Waals surface area contributed by atoms with Crippen molar-refractivity contribution >= 4 is 25.5 Å². The Kier molecular flexibility index (Phi) is 33.4. The number of carbonyl (C=O) groups excluding carboxylic acids is 3. The molecular weight excluding hydrogens is 819 g/mol. The highest BCUT2D eigenvalue weighted by Crippen LogP contribution is 2.47. The highest BCUT2D eigenvalue weighted by atomic mass is 31.2. The lowest BCUT2D eigenvalue weighted by molar-refractivity contribution is -0.220. The van der Waals surface area contributed by atoms with E-state index in [2.05, 4.69) is 38.2 Å². The van der Waals surface area contributed by atoms with Gasteiger partial charge in [0.15, 0.2) is 11.9 Å². The molecule has 0 aliphatic heterocycles. The number of aliphatic hydroxyl groups excluding tert-OH is 5. The van der Waals surface area contributed by atoms with Crippen LogP contribution in [-0.4, -0.2) is 104 Å². The highest BCUT2D eigenvalue weighted by Gasteiger charge is 2.51. The molecule has 0 spiro atoms. The summed E-state index contributed by atoms with van der Waals surface area (Å²) in [6.45, 7) is 3.03. The van der Waals surface area contributed by atoms with Crippen LogP contribution in [0.3, 0.4) is 0 Å². The van der Waals surface area contributed by atoms with Crippen molar-refractivity contribution in [3.63, 3.8) is 0 Å². The van der Waals surface area contributed by atoms with Gasteiger partial charge in [0, 0.05) is 19.3 Å². The van der Waals surface area contributed by atoms with E-state index in [1.54, 1.807) is 12.2 Å². The Morgan fingerprint density at radius 1 is 0.548 bits per heavy atom. The minimum absolute atomic E-state index is 0.0533. The van der Waals surface area contributed by atoms with E-state index >= 15 is 0 Å². The molecule has 0 radical (unpaired) electrons. The zero-order chi connectivity index (χ0) is 45.9. The maximum absolute atomic E-state index is 12.8. The van der Waals surface area contributed by atoms with E-state index in [1.807, 2.05) is 36.5 Å². The van der Waals surface area contributed by atoms with E-state index in [0.717, 1.165) is 70.6 Å². The van der Waals surface area contributed by atoms with Crippen LogP contribution in [0, 0.1) is 0 Å². The molecule has 0 saturated heterocycles. The molecule has 62 heavy (non-hydrogen) atoms. The van der Waals surface area contributed by atoms with Crippen molar-refractivity contribution in [3.8, 4) is 0 Å². The molecule has 8 atom stereocenters. The molecule has 1 fully saturated rings. The number of phosphoric acid groups is 1. The first-order valence-corrected chi connectivity index (χ1v) is 24.2. The zero-order valence-electron chi connectivity index (χ0n) is 37.1. The minimum Gasteiger partial charge on any atom is -0.462 e. The second-order valence-electron chi connectivity index (χ2n) is 15.6. The second-order valence-corrected chi connectivity index (χ2v) is 17.0. The first-order valence-electron chi connectivity index (χ1n) is 22.7. The van der Waals surface area contributed by atoms with Crippen LogP contribution in [0.15, 0.2) is 72.9 Å². The van der Waals surface area contributed by atoms with Gasteiger partial charge in [0.2, 0.25) is 0 Å². The quantitative estimate of drug-likeness (QED) is 0.00878. The van der Waals surface area contributed by atoms with Gasteiger partial charge < -0.3 is 39.9 Å². The van der Waals surface area contributed by atoms with Gasteiger partial charge in [0.1, 0.15) is 43.2 Å². The Morgan fingerprint density at radius 2 is 1.03 bits per heavy atom. The summed E-state index contributed by atoms with van der Waals surface area (Å²) < 4.78 is 33.4. The summed E-state index contributed by atoms with van der Waals surface area (Å²) in [5.41, 5.74) is 0. The Morgan fingerprint density at radius 3 is 1.66 bits per heavy atom. The van der Waals surface area contributed by atoms with Crippen molar-refractivity contribution in [2.24, 2.45) is 0 Å². The minimum atomic E-state index is -5.15. The molecule has 0 amide bonds. The average Bonchev–Trinajstić information content (AvgIpc) is 3.25. The van der Waals surface area contributed by atoms with Crippen molar-refractivity contribution in [3.05, 3.63) is 72.9 Å². The standard InChI is InChI=1S/C47H77O14P/c1-3-5-7-8-9-10-11-12-13-14-17-21-24-27-31-35-41(50)60-39(37-59-62(56,57)61-47-45(54)43(52)42(51)44(53)46(47)55)36-58-40(49)34-30-26-23-20-18-15-16-19-22-25-29-33-38(48)32-28-6-4-2/h9-10,12-13,15-16,20,22-23,25,29,33,39,42-47,51-55H,3-8,11,14,17-19,21,24,26-28,30-32,34-37H2,1-2H3,(H,56,57)/b10-9-,13-12-,16-15-,23-20-,25-22-,33-29+/t39-,42?,43-,44+,45-,46-,47?/m1/s1. The van der Waals surface area contributed by atoms with Crippen LogP contribution < -0.4 is 0 Å². The smallest absolute Gasteiger partial charge is 0.462 e. The van der Waals surface area contributed by atoms with E-state index in [4.69, 9.17) is 18.5 Å². The molecular formula is C47H77O14P. The molecule has 354 valence electrons. The fraction of sp³-hybridized carbons (Fsp3) is 0.681. The van der Waals surface area contributed by atoms with Gasteiger partial charge in [-0.1, -0.05) is 126 Å². The van der Waals surface area contributed by atoms with Crippen LogP contribution in [-0.2, 0) is 37.5 Å². The van der Waals surface area contributed by atoms with E-state index in [9.17, 15) is 49.4 Å². The third-order valence-corrected chi connectivity index (χ3v) is 11.0. The van der Waals surface area contributed by atoms with Crippen molar-refractivity contribution in [1.29, 1.82) is 0 Å². The molecule has 0 aromatic heterocycles. The topological polar surface area (TPSA) is 227 Å². The van der Waals surface area contributed by atoms with Gasteiger partial charge in [-0.15, -0.1) is 0 Å². The maximum Gasteiger partial charge on any atom is 0.472 e. The monoisotopic (exact) mass is 897 g/mol. The lowest BCUT2D eigenvalue weighted by atomic mass is 9.85. The van der Waals surface area contributed by atoms with Crippen LogP contribution in [0.1, 0.15) is 149 Å². The van der Waals surface area contributed by atoms with Crippen LogP contribution >= 0.6 is 7.82 Å². The Hall–Kier alpha value is -3.04. The number of ether oxygens (including phenoxy) is 2. The first kappa shape index (κ1) is 57.0. The summed E-state index contributed by atoms with van der Waals surface area (Å²) in [6, 6.07) is 0. The van der Waals surface area contributed by atoms with Gasteiger partial charge in [-0.2, -0.15) is 0 Å². The number of esters is 2. The number of unbranched alkanes of at least 4 members (excludes halogenated alkanes) is 11. The lowest BCUT2D eigenvalue weighted by Gasteiger charge is -2.41. The number of aliphatic hydroxyl groups is 5. The van der Waals surface area contributed by atoms with Gasteiger partial charge in [-0.25, -0.2) is 4.57 Å². The number of carbonyl (C=O) groups is 3. The summed E-state index contributed by atoms with van der Waals surface area (Å²) in [5, 5.41) is 50.1. The molecule has 1 aliphatic carbocycles. The van der Waals surface area contributed by atoms with Crippen molar-refractivity contribution in [2.45, 2.75) is 191 Å². The molecule has 0 aromatic rings. The molecule has 3 unspecified atom stereocenters. The lowest BCUT2D eigenvalue weighted by Crippen LogP contribution is -2.64. The Balaban J connectivity index is 2.55. The number of hydrogen-bond acceptors (Lipinski definition) is 13. The number of rotatable bonds is 36. The summed E-state index contributed by atoms with van der Waals surface area (Å²) in [6.07, 6.45) is 28.0. The van der Waals surface area contributed by atoms with Gasteiger partial charge in [-0.05, 0) is 76.7 Å². The van der Waals surface area contributed by atoms with Crippen molar-refractivity contribution in [2.75, 3.05) is 13.2 Å². The van der Waals surface area contributed by atoms with Crippen LogP contribution in [0.25, 0.3) is 0 Å². The van der Waals surface area contributed by atoms with E-state index < -0.39 is 75.7 Å². The molecule has 14 nitrogen and oxygen atoms in total. The van der Waals surface area contributed by atoms with Crippen LogP contribution in [0.5, 0.6) is 0 Å². The first-order chi connectivity index (χ1) is 29.8. The molecule has 0 aromatic carbocycles. The summed E-state index contributed by atoms with van der Waals surface area (Å²) in [7, 11) is -5.15. The predicted molar refractivity (Wildman–Crippen MR) is 240 cm³/mol. The van der Waals surface area contributed by atoms with Crippen molar-refractivity contribution in [1.82, 2.24) is 0 Å². The SMILES string of the molecule is CCCCC/C=C\C/C=C\CCCCCCCC(=O)O[C@H](COC(=O)CCC/C=C\C/C=C\C/C=C\C=C\C(=O)CCCCC)COP(=O)(O)OC1[C@H](O)[C@H](O)C(O)[C@H](O)[C@H]1O. The van der Waals surface area contributed by atoms with E-state index in [1.165, 1.54) is 19.3 Å². The fourth-order valence-electron chi connectivity index (χ4n) is 6.26. The van der Waals surface area contributed by atoms with Crippen molar-refractivity contribution < 1.29 is 67.9 Å². The number of ketones is 1. The molecule has 1 rings (SSSR count). The normalized spacial score (nSPS) is 22.5. The van der Waals surface area contributed by atoms with Crippen LogP contribution in [0.2, 0.25) is 0 Å². The molecule has 0 heterocycles. The van der Waals surface area contributed by atoms with Gasteiger partial charge in [0.25, 0.3) is 0 Å². The largest absolute Gasteiger partial charge is 0.472 e. The number of phosphoric ester groups is 1. The van der Waals surface area contributed by atoms with Gasteiger partial charge >= 0.3 is 19.8 Å². The molecule has 6 N–H and O–H groups in total. The van der Waals surface area contributed by atoms with E-state index in [0.29, 0.717) is 32.1 Å². The summed E-state index contributed by atoms with van der Waals surface area (Å²) in [4.78, 5) is 47.4. The van der Waals surface area contributed by atoms with Crippen LogP contribution in [0.4, 0.5) is 0 Å². The highest BCUT2D eigenvalue weighted by molar-refractivity contribution is 7.47. The average molecular weight is 897 g/mol. The van der Waals surface area contributed by atoms with Gasteiger partial charge in [-0.3, -0.25) is 23.4 Å². The van der Waals surface area contributed by atoms with Gasteiger partial charge in [0.05, 0.1) is 6.61 Å². The zero-order valence-corrected chi connectivity index (χ0v) is 38.0. The Labute approximate surface area is 370 Å². The third-order valence-electron chi connectivity index (χ3n) is 10.00. The third kappa shape index (κ3) is 28.6. The number of hydrogen-bond donors (Lipinski definition) is 6. The molecule has 1 saturated carbocycles. The summed E-state index contributed by atoms with van der Waals surface area (Å²) in [5.74, 6) is -1.08. The Bertz CT molecular complexity index is 1420. The number of allylic oxidation sites excluding steroid dienone is 12. The molecule has 1 aliphatic rings. The van der Waals surface area contributed by atoms with E-state index in [-0.39, 0.29) is 18.6 Å². The molecule has 0 bridgehead atoms. The second kappa shape index (κ2) is 36.3. The fourth-order valence-corrected chi connectivity index (χ4v) is 7.24. The molecule has 15 heteroatoms. The predicted octanol–water partition coefficient (Wildman–Crippen LogP) is 7.90. The summed E-state index contributed by atoms with van der Waals surface area (Å²) >= 11 is 0.